The first-order chi connectivity index (χ1) is 9.32. The molecular formula is C12H19N3O4S. The lowest BCUT2D eigenvalue weighted by molar-refractivity contribution is -0.387. The zero-order valence-corrected chi connectivity index (χ0v) is 12.3. The highest BCUT2D eigenvalue weighted by Gasteiger charge is 2.32. The topological polar surface area (TPSA) is 107 Å². The molecule has 7 nitrogen and oxygen atoms in total. The lowest BCUT2D eigenvalue weighted by Crippen LogP contribution is -2.38. The monoisotopic (exact) mass is 301 g/mol. The standard InChI is InChI=1S/C12H19N3O4S/c1-10(2)14(9-5-8-13)20(18,19)12-7-4-3-6-11(12)15(16)17/h3-4,6-7,10H,5,8-9,13H2,1-2H3. The fraction of sp³-hybridized carbons (Fsp3) is 0.500. The molecule has 0 amide bonds. The van der Waals surface area contributed by atoms with Crippen LogP contribution in [-0.4, -0.2) is 36.8 Å². The summed E-state index contributed by atoms with van der Waals surface area (Å²) in [5.74, 6) is 0. The summed E-state index contributed by atoms with van der Waals surface area (Å²) in [4.78, 5) is 10.0. The Morgan fingerprint density at radius 1 is 1.35 bits per heavy atom. The zero-order valence-electron chi connectivity index (χ0n) is 11.5. The van der Waals surface area contributed by atoms with Gasteiger partial charge in [-0.2, -0.15) is 4.31 Å². The molecule has 1 aromatic carbocycles. The molecule has 112 valence electrons. The van der Waals surface area contributed by atoms with Crippen molar-refractivity contribution in [3.05, 3.63) is 34.4 Å². The fourth-order valence-corrected chi connectivity index (χ4v) is 3.69. The number of sulfonamides is 1. The number of benzene rings is 1. The predicted octanol–water partition coefficient (Wildman–Crippen LogP) is 1.34. The van der Waals surface area contributed by atoms with Gasteiger partial charge in [-0.3, -0.25) is 10.1 Å². The molecule has 0 aliphatic carbocycles. The average molecular weight is 301 g/mol. The second-order valence-corrected chi connectivity index (χ2v) is 6.44. The number of para-hydroxylation sites is 1. The van der Waals surface area contributed by atoms with Gasteiger partial charge in [-0.25, -0.2) is 8.42 Å². The van der Waals surface area contributed by atoms with E-state index in [-0.39, 0.29) is 17.5 Å². The molecule has 0 saturated heterocycles. The van der Waals surface area contributed by atoms with Gasteiger partial charge in [0.1, 0.15) is 0 Å². The van der Waals surface area contributed by atoms with Gasteiger partial charge in [-0.15, -0.1) is 0 Å². The molecule has 0 heterocycles. The molecule has 0 unspecified atom stereocenters. The van der Waals surface area contributed by atoms with Crippen molar-refractivity contribution in [2.24, 2.45) is 5.73 Å². The molecule has 0 atom stereocenters. The minimum absolute atomic E-state index is 0.239. The van der Waals surface area contributed by atoms with Crippen molar-refractivity contribution in [3.8, 4) is 0 Å². The third kappa shape index (κ3) is 3.53. The van der Waals surface area contributed by atoms with Crippen molar-refractivity contribution < 1.29 is 13.3 Å². The molecule has 0 aliphatic rings. The minimum atomic E-state index is -3.91. The van der Waals surface area contributed by atoms with Crippen LogP contribution in [0.1, 0.15) is 20.3 Å². The van der Waals surface area contributed by atoms with Gasteiger partial charge in [0.2, 0.25) is 10.0 Å². The number of nitrogens with zero attached hydrogens (tertiary/aromatic N) is 2. The van der Waals surface area contributed by atoms with E-state index in [9.17, 15) is 18.5 Å². The Morgan fingerprint density at radius 2 is 1.95 bits per heavy atom. The number of hydrogen-bond acceptors (Lipinski definition) is 5. The van der Waals surface area contributed by atoms with Crippen LogP contribution in [0.3, 0.4) is 0 Å². The summed E-state index contributed by atoms with van der Waals surface area (Å²) < 4.78 is 26.4. The highest BCUT2D eigenvalue weighted by Crippen LogP contribution is 2.27. The van der Waals surface area contributed by atoms with Gasteiger partial charge in [0.25, 0.3) is 5.69 Å². The smallest absolute Gasteiger partial charge is 0.289 e. The van der Waals surface area contributed by atoms with Crippen LogP contribution < -0.4 is 5.73 Å². The third-order valence-electron chi connectivity index (χ3n) is 2.81. The van der Waals surface area contributed by atoms with E-state index in [2.05, 4.69) is 0 Å². The largest absolute Gasteiger partial charge is 0.330 e. The summed E-state index contributed by atoms with van der Waals surface area (Å²) in [5.41, 5.74) is 5.00. The van der Waals surface area contributed by atoms with Crippen molar-refractivity contribution in [1.82, 2.24) is 4.31 Å². The number of nitro benzene ring substituents is 1. The maximum atomic E-state index is 12.6. The minimum Gasteiger partial charge on any atom is -0.330 e. The number of nitrogens with two attached hydrogens (primary N) is 1. The summed E-state index contributed by atoms with van der Waals surface area (Å²) >= 11 is 0. The molecule has 0 aliphatic heterocycles. The van der Waals surface area contributed by atoms with E-state index in [1.807, 2.05) is 0 Å². The van der Waals surface area contributed by atoms with Gasteiger partial charge in [0.15, 0.2) is 4.90 Å². The van der Waals surface area contributed by atoms with Gasteiger partial charge in [0.05, 0.1) is 4.92 Å². The van der Waals surface area contributed by atoms with E-state index < -0.39 is 20.6 Å². The lowest BCUT2D eigenvalue weighted by Gasteiger charge is -2.25. The summed E-state index contributed by atoms with van der Waals surface area (Å²) in [6.07, 6.45) is 0.498. The van der Waals surface area contributed by atoms with Crippen molar-refractivity contribution in [2.45, 2.75) is 31.2 Å². The number of hydrogen-bond donors (Lipinski definition) is 1. The third-order valence-corrected chi connectivity index (χ3v) is 4.93. The van der Waals surface area contributed by atoms with E-state index in [4.69, 9.17) is 5.73 Å². The second kappa shape index (κ2) is 6.78. The van der Waals surface area contributed by atoms with E-state index in [0.717, 1.165) is 0 Å². The van der Waals surface area contributed by atoms with Crippen LogP contribution in [0.15, 0.2) is 29.2 Å². The van der Waals surface area contributed by atoms with Crippen LogP contribution >= 0.6 is 0 Å². The van der Waals surface area contributed by atoms with Crippen molar-refractivity contribution in [2.75, 3.05) is 13.1 Å². The van der Waals surface area contributed by atoms with Gasteiger partial charge in [0, 0.05) is 18.7 Å². The SMILES string of the molecule is CC(C)N(CCCN)S(=O)(=O)c1ccccc1[N+](=O)[O-]. The Morgan fingerprint density at radius 3 is 2.45 bits per heavy atom. The summed E-state index contributed by atoms with van der Waals surface area (Å²) in [7, 11) is -3.91. The highest BCUT2D eigenvalue weighted by atomic mass is 32.2. The first kappa shape index (κ1) is 16.5. The van der Waals surface area contributed by atoms with Crippen molar-refractivity contribution in [3.63, 3.8) is 0 Å². The number of rotatable bonds is 7. The Labute approximate surface area is 118 Å². The fourth-order valence-electron chi connectivity index (χ4n) is 1.86. The van der Waals surface area contributed by atoms with Crippen molar-refractivity contribution in [1.29, 1.82) is 0 Å². The van der Waals surface area contributed by atoms with E-state index in [0.29, 0.717) is 13.0 Å². The maximum Gasteiger partial charge on any atom is 0.289 e. The van der Waals surface area contributed by atoms with Crippen LogP contribution in [0.25, 0.3) is 0 Å². The van der Waals surface area contributed by atoms with Crippen LogP contribution in [0, 0.1) is 10.1 Å². The van der Waals surface area contributed by atoms with E-state index in [1.54, 1.807) is 13.8 Å². The van der Waals surface area contributed by atoms with Crippen LogP contribution in [-0.2, 0) is 10.0 Å². The summed E-state index contributed by atoms with van der Waals surface area (Å²) in [6, 6.07) is 5.06. The highest BCUT2D eigenvalue weighted by molar-refractivity contribution is 7.89. The molecular weight excluding hydrogens is 282 g/mol. The molecule has 0 fully saturated rings. The Bertz CT molecular complexity index is 572. The van der Waals surface area contributed by atoms with Gasteiger partial charge in [-0.05, 0) is 32.9 Å². The predicted molar refractivity (Wildman–Crippen MR) is 75.8 cm³/mol. The molecule has 1 rings (SSSR count). The van der Waals surface area contributed by atoms with Crippen LogP contribution in [0.2, 0.25) is 0 Å². The molecule has 8 heteroatoms. The second-order valence-electron chi connectivity index (χ2n) is 4.58. The first-order valence-corrected chi connectivity index (χ1v) is 7.71. The van der Waals surface area contributed by atoms with Crippen LogP contribution in [0.4, 0.5) is 5.69 Å². The van der Waals surface area contributed by atoms with E-state index >= 15 is 0 Å². The Kier molecular flexibility index (Phi) is 5.61. The van der Waals surface area contributed by atoms with Crippen LogP contribution in [0.5, 0.6) is 0 Å². The van der Waals surface area contributed by atoms with Gasteiger partial charge >= 0.3 is 0 Å². The zero-order chi connectivity index (χ0) is 15.3. The quantitative estimate of drug-likeness (QED) is 0.604. The molecule has 1 aromatic rings. The molecule has 0 aromatic heterocycles. The lowest BCUT2D eigenvalue weighted by atomic mass is 10.3. The first-order valence-electron chi connectivity index (χ1n) is 6.27. The van der Waals surface area contributed by atoms with E-state index in [1.165, 1.54) is 28.6 Å². The molecule has 0 saturated carbocycles. The molecule has 2 N–H and O–H groups in total. The average Bonchev–Trinajstić information content (AvgIpc) is 2.38. The number of nitro groups is 1. The van der Waals surface area contributed by atoms with Gasteiger partial charge < -0.3 is 5.73 Å². The molecule has 0 spiro atoms. The molecule has 0 radical (unpaired) electrons. The molecule has 0 bridgehead atoms. The van der Waals surface area contributed by atoms with Gasteiger partial charge in [-0.1, -0.05) is 12.1 Å². The Hall–Kier alpha value is -1.51. The maximum absolute atomic E-state index is 12.6. The van der Waals surface area contributed by atoms with Crippen molar-refractivity contribution >= 4 is 15.7 Å². The molecule has 20 heavy (non-hydrogen) atoms. The summed E-state index contributed by atoms with van der Waals surface area (Å²) in [6.45, 7) is 4.05. The normalized spacial score (nSPS) is 12.1. The summed E-state index contributed by atoms with van der Waals surface area (Å²) in [5, 5.41) is 11.0. The Balaban J connectivity index is 3.30.